The molecule has 0 bridgehead atoms. The van der Waals surface area contributed by atoms with Gasteiger partial charge in [0.05, 0.1) is 0 Å². The molecule has 0 N–H and O–H groups in total. The Labute approximate surface area is 109 Å². The third-order valence-electron chi connectivity index (χ3n) is 2.33. The fourth-order valence-corrected chi connectivity index (χ4v) is 0.378. The van der Waals surface area contributed by atoms with E-state index in [0.29, 0.717) is 0 Å². The molecule has 0 aliphatic carbocycles. The van der Waals surface area contributed by atoms with Gasteiger partial charge in [0.15, 0.2) is 0 Å². The fraction of sp³-hybridized carbons (Fsp3) is 1.00. The summed E-state index contributed by atoms with van der Waals surface area (Å²) in [7, 11) is 0. The topological polar surface area (TPSA) is 0 Å². The third-order valence-corrected chi connectivity index (χ3v) is 2.33. The van der Waals surface area contributed by atoms with Gasteiger partial charge >= 0.3 is 58.4 Å². The summed E-state index contributed by atoms with van der Waals surface area (Å²) in [6.07, 6.45) is 0. The molecule has 0 aromatic heterocycles. The zero-order chi connectivity index (χ0) is 8.58. The molecule has 0 saturated carbocycles. The molecule has 0 rings (SSSR count). The summed E-state index contributed by atoms with van der Waals surface area (Å²) < 4.78 is 36.4. The van der Waals surface area contributed by atoms with E-state index in [-0.39, 0.29) is 57.3 Å². The van der Waals surface area contributed by atoms with E-state index in [1.54, 1.807) is 13.8 Å². The Hall–Kier alpha value is 1.49. The molecule has 11 heavy (non-hydrogen) atoms. The summed E-state index contributed by atoms with van der Waals surface area (Å²) >= 11 is 0. The molecule has 0 aromatic rings. The second-order valence-corrected chi connectivity index (χ2v) is 3.55. The van der Waals surface area contributed by atoms with E-state index in [1.165, 1.54) is 13.8 Å². The van der Waals surface area contributed by atoms with Gasteiger partial charge in [-0.05, 0) is 0 Å². The molecule has 0 nitrogen and oxygen atoms in total. The van der Waals surface area contributed by atoms with E-state index in [9.17, 15) is 12.9 Å². The van der Waals surface area contributed by atoms with Gasteiger partial charge in [0.25, 0.3) is 0 Å². The van der Waals surface area contributed by atoms with Gasteiger partial charge in [0, 0.05) is 0 Å². The largest absolute Gasteiger partial charge is 1.00 e. The van der Waals surface area contributed by atoms with Gasteiger partial charge < -0.3 is 12.9 Å². The summed E-state index contributed by atoms with van der Waals surface area (Å²) in [6, 6.07) is 0. The minimum absolute atomic E-state index is 0. The van der Waals surface area contributed by atoms with Gasteiger partial charge in [-0.1, -0.05) is 38.9 Å². The van der Waals surface area contributed by atoms with Gasteiger partial charge in [-0.3, -0.25) is 0 Å². The SMILES string of the molecule is CC(C)C(C)(C)[B-](F)(F)F.[K+]. The van der Waals surface area contributed by atoms with Crippen molar-refractivity contribution in [2.24, 2.45) is 5.92 Å². The zero-order valence-corrected chi connectivity index (χ0v) is 10.9. The molecule has 0 spiro atoms. The molecular weight excluding hydrogens is 179 g/mol. The number of hydrogen-bond donors (Lipinski definition) is 0. The van der Waals surface area contributed by atoms with Crippen LogP contribution in [0.5, 0.6) is 0 Å². The Morgan fingerprint density at radius 3 is 1.36 bits per heavy atom. The summed E-state index contributed by atoms with van der Waals surface area (Å²) in [4.78, 5) is 0. The van der Waals surface area contributed by atoms with Gasteiger partial charge in [0.2, 0.25) is 0 Å². The summed E-state index contributed by atoms with van der Waals surface area (Å²) in [5.74, 6) is -0.340. The van der Waals surface area contributed by atoms with E-state index in [4.69, 9.17) is 0 Å². The van der Waals surface area contributed by atoms with E-state index in [0.717, 1.165) is 0 Å². The van der Waals surface area contributed by atoms with Crippen LogP contribution in [0, 0.1) is 5.92 Å². The third kappa shape index (κ3) is 3.81. The zero-order valence-electron chi connectivity index (χ0n) is 7.79. The maximum Gasteiger partial charge on any atom is 1.00 e. The molecule has 0 radical (unpaired) electrons. The summed E-state index contributed by atoms with van der Waals surface area (Å²) in [6.45, 7) is 0.984. The second kappa shape index (κ2) is 4.65. The van der Waals surface area contributed by atoms with Crippen LogP contribution < -0.4 is 51.4 Å². The number of hydrogen-bond acceptors (Lipinski definition) is 0. The molecule has 0 aliphatic rings. The Morgan fingerprint density at radius 1 is 1.09 bits per heavy atom. The second-order valence-electron chi connectivity index (χ2n) is 3.55. The number of halogens is 3. The molecule has 0 fully saturated rings. The Balaban J connectivity index is 0. The van der Waals surface area contributed by atoms with Crippen molar-refractivity contribution in [3.63, 3.8) is 0 Å². The normalized spacial score (nSPS) is 13.1. The first-order valence-corrected chi connectivity index (χ1v) is 3.39. The number of rotatable bonds is 2. The Bertz CT molecular complexity index is 119. The maximum absolute atomic E-state index is 12.1. The van der Waals surface area contributed by atoms with Crippen LogP contribution in [0.3, 0.4) is 0 Å². The quantitative estimate of drug-likeness (QED) is 0.551. The van der Waals surface area contributed by atoms with Gasteiger partial charge in [-0.15, -0.1) is 0 Å². The average molecular weight is 192 g/mol. The van der Waals surface area contributed by atoms with Crippen molar-refractivity contribution in [3.05, 3.63) is 0 Å². The van der Waals surface area contributed by atoms with Crippen molar-refractivity contribution in [1.29, 1.82) is 0 Å². The van der Waals surface area contributed by atoms with E-state index < -0.39 is 12.3 Å². The average Bonchev–Trinajstić information content (AvgIpc) is 1.62. The summed E-state index contributed by atoms with van der Waals surface area (Å²) in [5, 5.41) is -1.50. The molecule has 5 heteroatoms. The van der Waals surface area contributed by atoms with Crippen molar-refractivity contribution in [3.8, 4) is 0 Å². The minimum atomic E-state index is -4.70. The Kier molecular flexibility index (Phi) is 6.34. The van der Waals surface area contributed by atoms with Gasteiger partial charge in [-0.2, -0.15) is 0 Å². The molecule has 62 valence electrons. The summed E-state index contributed by atoms with van der Waals surface area (Å²) in [5.41, 5.74) is 0. The standard InChI is InChI=1S/C6H13BF3.K/c1-5(2)6(3,4)7(8,9)10;/h5H,1-4H3;/q-1;+1. The molecule has 0 heterocycles. The van der Waals surface area contributed by atoms with Crippen LogP contribution in [-0.4, -0.2) is 6.98 Å². The van der Waals surface area contributed by atoms with Crippen LogP contribution in [0.1, 0.15) is 27.7 Å². The molecule has 0 atom stereocenters. The van der Waals surface area contributed by atoms with Crippen LogP contribution in [0.15, 0.2) is 0 Å². The molecular formula is C6H13BF3K. The van der Waals surface area contributed by atoms with Crippen molar-refractivity contribution in [2.75, 3.05) is 0 Å². The van der Waals surface area contributed by atoms with Gasteiger partial charge in [-0.25, -0.2) is 0 Å². The molecule has 0 amide bonds. The van der Waals surface area contributed by atoms with Crippen molar-refractivity contribution in [1.82, 2.24) is 0 Å². The predicted molar refractivity (Wildman–Crippen MR) is 38.0 cm³/mol. The predicted octanol–water partition coefficient (Wildman–Crippen LogP) is 0.274. The van der Waals surface area contributed by atoms with Crippen LogP contribution in [0.4, 0.5) is 12.9 Å². The Morgan fingerprint density at radius 2 is 1.36 bits per heavy atom. The van der Waals surface area contributed by atoms with E-state index in [2.05, 4.69) is 0 Å². The van der Waals surface area contributed by atoms with Crippen molar-refractivity contribution >= 4 is 6.98 Å². The van der Waals surface area contributed by atoms with E-state index in [1.807, 2.05) is 0 Å². The first-order chi connectivity index (χ1) is 4.19. The molecule has 0 aliphatic heterocycles. The first kappa shape index (κ1) is 15.0. The van der Waals surface area contributed by atoms with Crippen molar-refractivity contribution in [2.45, 2.75) is 33.0 Å². The molecule has 0 aromatic carbocycles. The smallest absolute Gasteiger partial charge is 0.449 e. The van der Waals surface area contributed by atoms with E-state index >= 15 is 0 Å². The van der Waals surface area contributed by atoms with Crippen LogP contribution in [0.2, 0.25) is 5.31 Å². The van der Waals surface area contributed by atoms with Crippen molar-refractivity contribution < 1.29 is 64.3 Å². The first-order valence-electron chi connectivity index (χ1n) is 3.39. The van der Waals surface area contributed by atoms with Gasteiger partial charge in [0.1, 0.15) is 0 Å². The van der Waals surface area contributed by atoms with Crippen LogP contribution in [0.25, 0.3) is 0 Å². The maximum atomic E-state index is 12.1. The van der Waals surface area contributed by atoms with Crippen LogP contribution in [-0.2, 0) is 0 Å². The minimum Gasteiger partial charge on any atom is -0.449 e. The molecule has 0 saturated heterocycles. The monoisotopic (exact) mass is 192 g/mol. The van der Waals surface area contributed by atoms with Crippen LogP contribution >= 0.6 is 0 Å². The molecule has 0 unspecified atom stereocenters. The fourth-order valence-electron chi connectivity index (χ4n) is 0.378.